The normalized spacial score (nSPS) is 10.3. The zero-order chi connectivity index (χ0) is 31.9. The Balaban J connectivity index is 0.000000227. The number of hydrogen-bond acceptors (Lipinski definition) is 6. The molecule has 45 heavy (non-hydrogen) atoms. The summed E-state index contributed by atoms with van der Waals surface area (Å²) in [5, 5.41) is 20.1. The maximum atomic E-state index is 11.2. The summed E-state index contributed by atoms with van der Waals surface area (Å²) >= 11 is 0. The monoisotopic (exact) mass is 689 g/mol. The van der Waals surface area contributed by atoms with Gasteiger partial charge in [-0.15, -0.1) is 0 Å². The van der Waals surface area contributed by atoms with Crippen molar-refractivity contribution in [2.24, 2.45) is 14.1 Å². The van der Waals surface area contributed by atoms with Crippen molar-refractivity contribution in [2.75, 3.05) is 0 Å². The molecule has 2 heterocycles. The minimum absolute atomic E-state index is 0. The fourth-order valence-electron chi connectivity index (χ4n) is 3.79. The van der Waals surface area contributed by atoms with Crippen molar-refractivity contribution >= 4 is 26.7 Å². The van der Waals surface area contributed by atoms with Gasteiger partial charge in [0.1, 0.15) is 11.5 Å². The van der Waals surface area contributed by atoms with Crippen LogP contribution in [0.4, 0.5) is 0 Å². The number of rotatable bonds is 4. The van der Waals surface area contributed by atoms with Gasteiger partial charge in [-0.2, -0.15) is 9.79 Å². The van der Waals surface area contributed by atoms with Crippen LogP contribution in [0.1, 0.15) is 0 Å². The van der Waals surface area contributed by atoms with Gasteiger partial charge in [0.25, 0.3) is 0 Å². The van der Waals surface area contributed by atoms with Gasteiger partial charge in [0, 0.05) is 77.9 Å². The molecule has 2 atom stereocenters. The summed E-state index contributed by atoms with van der Waals surface area (Å²) in [4.78, 5) is 25.9. The fourth-order valence-corrected chi connectivity index (χ4v) is 5.02. The molecule has 0 amide bonds. The molecular weight excluding hydrogens is 657 g/mol. The number of hydrogen-bond donors (Lipinski definition) is 4. The maximum absolute atomic E-state index is 11.2. The first-order chi connectivity index (χ1) is 21.2. The van der Waals surface area contributed by atoms with Crippen LogP contribution in [0.15, 0.2) is 135 Å². The summed E-state index contributed by atoms with van der Waals surface area (Å²) in [6.07, 6.45) is 10.8. The van der Waals surface area contributed by atoms with Gasteiger partial charge >= 0.3 is 16.1 Å². The molecule has 4 aromatic carbocycles. The van der Waals surface area contributed by atoms with Gasteiger partial charge < -0.3 is 19.3 Å². The molecule has 0 aliphatic rings. The quantitative estimate of drug-likeness (QED) is 0.173. The maximum Gasteiger partial charge on any atom is 0.546 e. The van der Waals surface area contributed by atoms with Crippen LogP contribution in [0, 0.1) is 0 Å². The van der Waals surface area contributed by atoms with E-state index in [0.29, 0.717) is 32.9 Å². The molecule has 0 spiro atoms. The van der Waals surface area contributed by atoms with Crippen LogP contribution in [0.3, 0.4) is 0 Å². The van der Waals surface area contributed by atoms with E-state index in [1.165, 1.54) is 0 Å². The Morgan fingerprint density at radius 2 is 0.844 bits per heavy atom. The molecule has 0 saturated carbocycles. The van der Waals surface area contributed by atoms with Crippen LogP contribution in [-0.2, 0) is 40.0 Å². The average molecular weight is 690 g/mol. The third-order valence-corrected chi connectivity index (χ3v) is 7.49. The fraction of sp³-hybridized carbons (Fsp3) is 0.0625. The molecule has 10 nitrogen and oxygen atoms in total. The van der Waals surface area contributed by atoms with E-state index in [4.69, 9.17) is 0 Å². The van der Waals surface area contributed by atoms with E-state index < -0.39 is 16.1 Å². The Kier molecular flexibility index (Phi) is 15.5. The van der Waals surface area contributed by atoms with E-state index in [1.54, 1.807) is 122 Å². The van der Waals surface area contributed by atoms with Crippen LogP contribution < -0.4 is 10.6 Å². The summed E-state index contributed by atoms with van der Waals surface area (Å²) in [5.74, 6) is 0.207. The molecule has 4 N–H and O–H groups in total. The molecular formula is C32H32CoN4O6P2+2. The van der Waals surface area contributed by atoms with Crippen LogP contribution in [0.5, 0.6) is 11.5 Å². The first kappa shape index (κ1) is 36.7. The number of phenols is 2. The SMILES string of the molecule is Cn1ccnc1.Cn1ccnc1.O=[P+](O)c1ccccc1-c1ccccc1O.O=[P+](O)c1ccccc1-c1ccccc1O.[Co]. The summed E-state index contributed by atoms with van der Waals surface area (Å²) in [5.41, 5.74) is 2.31. The van der Waals surface area contributed by atoms with Crippen molar-refractivity contribution in [2.45, 2.75) is 0 Å². The Hall–Kier alpha value is -4.47. The van der Waals surface area contributed by atoms with Crippen LogP contribution >= 0.6 is 16.1 Å². The van der Waals surface area contributed by atoms with Crippen molar-refractivity contribution in [3.05, 3.63) is 135 Å². The number of aromatic hydroxyl groups is 2. The predicted molar refractivity (Wildman–Crippen MR) is 172 cm³/mol. The number of imidazole rings is 2. The molecule has 0 fully saturated rings. The summed E-state index contributed by atoms with van der Waals surface area (Å²) in [6.45, 7) is 0. The third kappa shape index (κ3) is 11.5. The number of nitrogens with zero attached hydrogens (tertiary/aromatic N) is 4. The second-order valence-corrected chi connectivity index (χ2v) is 11.1. The molecule has 1 radical (unpaired) electrons. The molecule has 6 rings (SSSR count). The summed E-state index contributed by atoms with van der Waals surface area (Å²) in [6, 6.07) is 27.0. The van der Waals surface area contributed by atoms with E-state index in [-0.39, 0.29) is 28.3 Å². The van der Waals surface area contributed by atoms with Gasteiger partial charge in [-0.05, 0) is 45.5 Å². The molecule has 2 aromatic heterocycles. The zero-order valence-electron chi connectivity index (χ0n) is 24.3. The van der Waals surface area contributed by atoms with Crippen molar-refractivity contribution in [3.63, 3.8) is 0 Å². The van der Waals surface area contributed by atoms with Crippen molar-refractivity contribution in [1.82, 2.24) is 19.1 Å². The third-order valence-electron chi connectivity index (χ3n) is 5.88. The first-order valence-electron chi connectivity index (χ1n) is 13.1. The molecule has 0 aliphatic heterocycles. The standard InChI is InChI=1S/2C12H9O3P.2C4H6N2.Co/c2*13-11-7-3-1-5-9(11)10-6-2-4-8-12(10)16(14)15;2*1-6-3-2-5-4-6;/h2*1-8H,(H-,13,14,15);2*2-4H,1H3;/p+2. The van der Waals surface area contributed by atoms with Crippen molar-refractivity contribution < 1.29 is 45.9 Å². The van der Waals surface area contributed by atoms with E-state index in [0.717, 1.165) is 0 Å². The Morgan fingerprint density at radius 3 is 1.09 bits per heavy atom. The smallest absolute Gasteiger partial charge is 0.507 e. The topological polar surface area (TPSA) is 151 Å². The Labute approximate surface area is 273 Å². The van der Waals surface area contributed by atoms with E-state index in [2.05, 4.69) is 9.97 Å². The molecule has 233 valence electrons. The van der Waals surface area contributed by atoms with Gasteiger partial charge in [-0.3, -0.25) is 0 Å². The van der Waals surface area contributed by atoms with E-state index in [9.17, 15) is 29.1 Å². The minimum Gasteiger partial charge on any atom is -0.507 e. The van der Waals surface area contributed by atoms with Crippen molar-refractivity contribution in [1.29, 1.82) is 0 Å². The van der Waals surface area contributed by atoms with Crippen LogP contribution in [0.25, 0.3) is 22.3 Å². The van der Waals surface area contributed by atoms with Gasteiger partial charge in [0.15, 0.2) is 0 Å². The summed E-state index contributed by atoms with van der Waals surface area (Å²) in [7, 11) is -0.952. The Morgan fingerprint density at radius 1 is 0.533 bits per heavy atom. The molecule has 2 unspecified atom stereocenters. The number of benzene rings is 4. The van der Waals surface area contributed by atoms with Gasteiger partial charge in [-0.25, -0.2) is 9.97 Å². The number of phenolic OH excluding ortho intramolecular Hbond substituents is 2. The summed E-state index contributed by atoms with van der Waals surface area (Å²) < 4.78 is 26.1. The predicted octanol–water partition coefficient (Wildman–Crippen LogP) is 5.68. The van der Waals surface area contributed by atoms with Crippen molar-refractivity contribution in [3.8, 4) is 33.8 Å². The van der Waals surface area contributed by atoms with Crippen LogP contribution in [-0.4, -0.2) is 39.1 Å². The van der Waals surface area contributed by atoms with Gasteiger partial charge in [0.05, 0.1) is 12.7 Å². The second kappa shape index (κ2) is 19.0. The van der Waals surface area contributed by atoms with E-state index >= 15 is 0 Å². The minimum atomic E-state index is -2.41. The number of aryl methyl sites for hydroxylation is 2. The molecule has 0 aliphatic carbocycles. The van der Waals surface area contributed by atoms with E-state index in [1.807, 2.05) is 35.6 Å². The second-order valence-electron chi connectivity index (χ2n) is 9.07. The molecule has 0 bridgehead atoms. The number of aromatic nitrogens is 4. The largest absolute Gasteiger partial charge is 0.546 e. The zero-order valence-corrected chi connectivity index (χ0v) is 27.2. The molecule has 0 saturated heterocycles. The Bertz CT molecular complexity index is 1650. The van der Waals surface area contributed by atoms with Gasteiger partial charge in [-0.1, -0.05) is 60.7 Å². The molecule has 13 heteroatoms. The molecule has 6 aromatic rings. The average Bonchev–Trinajstić information content (AvgIpc) is 3.72. The van der Waals surface area contributed by atoms with Gasteiger partial charge in [0.2, 0.25) is 10.6 Å². The first-order valence-corrected chi connectivity index (χ1v) is 15.5. The van der Waals surface area contributed by atoms with Crippen LogP contribution in [0.2, 0.25) is 0 Å². The number of para-hydroxylation sites is 2.